The van der Waals surface area contributed by atoms with Crippen molar-refractivity contribution in [2.24, 2.45) is 0 Å². The van der Waals surface area contributed by atoms with Gasteiger partial charge in [-0.1, -0.05) is 30.3 Å². The molecule has 0 saturated carbocycles. The maximum atomic E-state index is 13.8. The number of rotatable bonds is 4. The van der Waals surface area contributed by atoms with Gasteiger partial charge in [0.1, 0.15) is 17.1 Å². The Hall–Kier alpha value is -3.52. The first-order valence-electron chi connectivity index (χ1n) is 8.81. The van der Waals surface area contributed by atoms with Crippen LogP contribution in [0.3, 0.4) is 0 Å². The van der Waals surface area contributed by atoms with Crippen LogP contribution in [0.25, 0.3) is 15.9 Å². The third-order valence-electron chi connectivity index (χ3n) is 4.56. The van der Waals surface area contributed by atoms with E-state index in [1.807, 2.05) is 6.07 Å². The molecule has 0 aliphatic heterocycles. The molecular formula is C21H16FN3O3S. The lowest BCUT2D eigenvalue weighted by atomic mass is 10.2. The summed E-state index contributed by atoms with van der Waals surface area (Å²) in [6.45, 7) is 1.45. The number of hydrogen-bond acceptors (Lipinski definition) is 4. The molecule has 1 N–H and O–H groups in total. The number of thiophene rings is 1. The highest BCUT2D eigenvalue weighted by atomic mass is 32.1. The molecule has 0 aliphatic carbocycles. The number of para-hydroxylation sites is 2. The van der Waals surface area contributed by atoms with Gasteiger partial charge in [-0.25, -0.2) is 13.8 Å². The summed E-state index contributed by atoms with van der Waals surface area (Å²) < 4.78 is 16.5. The minimum absolute atomic E-state index is 0.0272. The average Bonchev–Trinajstić information content (AvgIpc) is 3.19. The maximum absolute atomic E-state index is 13.8. The number of amides is 1. The summed E-state index contributed by atoms with van der Waals surface area (Å²) in [5.74, 6) is -1.14. The number of aromatic nitrogens is 2. The monoisotopic (exact) mass is 409 g/mol. The van der Waals surface area contributed by atoms with Gasteiger partial charge in [0.05, 0.1) is 16.9 Å². The van der Waals surface area contributed by atoms with Crippen molar-refractivity contribution in [1.29, 1.82) is 0 Å². The standard InChI is InChI=1S/C21H16FN3O3S/c1-13-6-2-5-9-16(13)25-20(27)19-17(10-11-29-19)24(21(25)28)12-18(26)23-15-8-4-3-7-14(15)22/h2-11H,12H2,1H3,(H,23,26). The van der Waals surface area contributed by atoms with E-state index in [4.69, 9.17) is 0 Å². The summed E-state index contributed by atoms with van der Waals surface area (Å²) in [5.41, 5.74) is 0.558. The smallest absolute Gasteiger partial charge is 0.322 e. The van der Waals surface area contributed by atoms with Crippen molar-refractivity contribution >= 4 is 33.1 Å². The van der Waals surface area contributed by atoms with Crippen molar-refractivity contribution in [2.75, 3.05) is 5.32 Å². The van der Waals surface area contributed by atoms with Crippen LogP contribution >= 0.6 is 11.3 Å². The van der Waals surface area contributed by atoms with E-state index in [1.165, 1.54) is 34.1 Å². The lowest BCUT2D eigenvalue weighted by Crippen LogP contribution is -2.40. The van der Waals surface area contributed by atoms with Crippen LogP contribution in [0, 0.1) is 12.7 Å². The van der Waals surface area contributed by atoms with Crippen LogP contribution in [0.1, 0.15) is 5.56 Å². The highest BCUT2D eigenvalue weighted by molar-refractivity contribution is 7.17. The number of aryl methyl sites for hydroxylation is 1. The molecule has 0 aliphatic rings. The second-order valence-electron chi connectivity index (χ2n) is 6.46. The number of nitrogens with one attached hydrogen (secondary N) is 1. The second-order valence-corrected chi connectivity index (χ2v) is 7.37. The first-order valence-corrected chi connectivity index (χ1v) is 9.69. The molecular weight excluding hydrogens is 393 g/mol. The molecule has 0 saturated heterocycles. The van der Waals surface area contributed by atoms with Crippen molar-refractivity contribution in [3.05, 3.63) is 92.2 Å². The van der Waals surface area contributed by atoms with Crippen LogP contribution in [0.5, 0.6) is 0 Å². The van der Waals surface area contributed by atoms with Gasteiger partial charge in [-0.05, 0) is 42.1 Å². The Labute approximate surface area is 168 Å². The van der Waals surface area contributed by atoms with E-state index in [1.54, 1.807) is 42.6 Å². The summed E-state index contributed by atoms with van der Waals surface area (Å²) in [6, 6.07) is 14.4. The zero-order valence-electron chi connectivity index (χ0n) is 15.4. The first-order chi connectivity index (χ1) is 14.0. The summed E-state index contributed by atoms with van der Waals surface area (Å²) in [4.78, 5) is 38.7. The van der Waals surface area contributed by atoms with E-state index in [-0.39, 0.29) is 12.2 Å². The summed E-state index contributed by atoms with van der Waals surface area (Å²) in [7, 11) is 0. The van der Waals surface area contributed by atoms with Crippen molar-refractivity contribution in [1.82, 2.24) is 9.13 Å². The Kier molecular flexibility index (Phi) is 4.85. The molecule has 0 atom stereocenters. The van der Waals surface area contributed by atoms with Crippen molar-refractivity contribution in [3.63, 3.8) is 0 Å². The maximum Gasteiger partial charge on any atom is 0.336 e. The van der Waals surface area contributed by atoms with E-state index >= 15 is 0 Å². The molecule has 0 bridgehead atoms. The van der Waals surface area contributed by atoms with E-state index in [0.29, 0.717) is 15.9 Å². The lowest BCUT2D eigenvalue weighted by molar-refractivity contribution is -0.116. The third kappa shape index (κ3) is 3.38. The van der Waals surface area contributed by atoms with Gasteiger partial charge in [0, 0.05) is 0 Å². The molecule has 4 aromatic rings. The quantitative estimate of drug-likeness (QED) is 0.562. The predicted octanol–water partition coefficient (Wildman–Crippen LogP) is 3.30. The van der Waals surface area contributed by atoms with E-state index in [2.05, 4.69) is 5.32 Å². The number of fused-ring (bicyclic) bond motifs is 1. The summed E-state index contributed by atoms with van der Waals surface area (Å²) >= 11 is 1.20. The number of hydrogen-bond donors (Lipinski definition) is 1. The normalized spacial score (nSPS) is 11.0. The molecule has 146 valence electrons. The number of carbonyl (C=O) groups excluding carboxylic acids is 1. The van der Waals surface area contributed by atoms with Gasteiger partial charge >= 0.3 is 5.69 Å². The topological polar surface area (TPSA) is 73.1 Å². The van der Waals surface area contributed by atoms with Crippen molar-refractivity contribution in [3.8, 4) is 5.69 Å². The molecule has 6 nitrogen and oxygen atoms in total. The third-order valence-corrected chi connectivity index (χ3v) is 5.45. The van der Waals surface area contributed by atoms with Gasteiger partial charge in [-0.2, -0.15) is 0 Å². The fraction of sp³-hybridized carbons (Fsp3) is 0.0952. The number of nitrogens with zero attached hydrogens (tertiary/aromatic N) is 2. The van der Waals surface area contributed by atoms with Crippen LogP contribution in [-0.4, -0.2) is 15.0 Å². The molecule has 29 heavy (non-hydrogen) atoms. The summed E-state index contributed by atoms with van der Waals surface area (Å²) in [5, 5.41) is 4.16. The predicted molar refractivity (Wildman–Crippen MR) is 111 cm³/mol. The minimum atomic E-state index is -0.626. The number of halogens is 1. The largest absolute Gasteiger partial charge is 0.336 e. The number of anilines is 1. The number of carbonyl (C=O) groups is 1. The summed E-state index contributed by atoms with van der Waals surface area (Å²) in [6.07, 6.45) is 0. The molecule has 0 spiro atoms. The molecule has 2 aromatic carbocycles. The molecule has 0 fully saturated rings. The van der Waals surface area contributed by atoms with E-state index in [9.17, 15) is 18.8 Å². The average molecular weight is 409 g/mol. The molecule has 0 unspecified atom stereocenters. The van der Waals surface area contributed by atoms with Crippen LogP contribution < -0.4 is 16.6 Å². The van der Waals surface area contributed by atoms with Gasteiger partial charge < -0.3 is 5.32 Å². The molecule has 0 radical (unpaired) electrons. The van der Waals surface area contributed by atoms with Crippen LogP contribution in [-0.2, 0) is 11.3 Å². The van der Waals surface area contributed by atoms with Gasteiger partial charge in [0.15, 0.2) is 0 Å². The lowest BCUT2D eigenvalue weighted by Gasteiger charge is -2.14. The molecule has 4 rings (SSSR count). The van der Waals surface area contributed by atoms with Crippen LogP contribution in [0.4, 0.5) is 10.1 Å². The van der Waals surface area contributed by atoms with E-state index in [0.717, 1.165) is 10.1 Å². The Bertz CT molecular complexity index is 1350. The van der Waals surface area contributed by atoms with Gasteiger partial charge in [-0.3, -0.25) is 14.2 Å². The van der Waals surface area contributed by atoms with Gasteiger partial charge in [0.25, 0.3) is 5.56 Å². The SMILES string of the molecule is Cc1ccccc1-n1c(=O)c2sccc2n(CC(=O)Nc2ccccc2F)c1=O. The van der Waals surface area contributed by atoms with E-state index < -0.39 is 23.0 Å². The van der Waals surface area contributed by atoms with Gasteiger partial charge in [-0.15, -0.1) is 11.3 Å². The zero-order chi connectivity index (χ0) is 20.5. The molecule has 2 aromatic heterocycles. The fourth-order valence-electron chi connectivity index (χ4n) is 3.16. The molecule has 1 amide bonds. The van der Waals surface area contributed by atoms with Crippen LogP contribution in [0.2, 0.25) is 0 Å². The Balaban J connectivity index is 1.83. The number of benzene rings is 2. The zero-order valence-corrected chi connectivity index (χ0v) is 16.2. The minimum Gasteiger partial charge on any atom is -0.322 e. The van der Waals surface area contributed by atoms with Crippen molar-refractivity contribution in [2.45, 2.75) is 13.5 Å². The van der Waals surface area contributed by atoms with Gasteiger partial charge in [0.2, 0.25) is 5.91 Å². The van der Waals surface area contributed by atoms with Crippen LogP contribution in [0.15, 0.2) is 69.6 Å². The Morgan fingerprint density at radius 3 is 2.55 bits per heavy atom. The second kappa shape index (κ2) is 7.48. The Morgan fingerprint density at radius 1 is 1.07 bits per heavy atom. The Morgan fingerprint density at radius 2 is 1.79 bits per heavy atom. The van der Waals surface area contributed by atoms with Crippen molar-refractivity contribution < 1.29 is 9.18 Å². The molecule has 2 heterocycles. The highest BCUT2D eigenvalue weighted by Gasteiger charge is 2.18. The first kappa shape index (κ1) is 18.8. The molecule has 8 heteroatoms. The fourth-order valence-corrected chi connectivity index (χ4v) is 3.99. The highest BCUT2D eigenvalue weighted by Crippen LogP contribution is 2.18.